The van der Waals surface area contributed by atoms with E-state index in [-0.39, 0.29) is 5.91 Å². The lowest BCUT2D eigenvalue weighted by atomic mass is 9.90. The fourth-order valence-corrected chi connectivity index (χ4v) is 5.38. The molecule has 3 heterocycles. The number of carbonyl (C=O) groups excluding carboxylic acids is 1. The molecule has 1 saturated heterocycles. The van der Waals surface area contributed by atoms with E-state index in [4.69, 9.17) is 0 Å². The van der Waals surface area contributed by atoms with Crippen LogP contribution >= 0.6 is 11.8 Å². The van der Waals surface area contributed by atoms with Crippen LogP contribution in [-0.2, 0) is 11.2 Å². The van der Waals surface area contributed by atoms with Gasteiger partial charge >= 0.3 is 0 Å². The molecule has 0 saturated carbocycles. The molecule has 1 fully saturated rings. The summed E-state index contributed by atoms with van der Waals surface area (Å²) < 4.78 is 2.03. The largest absolute Gasteiger partial charge is 0.342 e. The fourth-order valence-electron chi connectivity index (χ4n) is 4.53. The van der Waals surface area contributed by atoms with Crippen molar-refractivity contribution in [3.8, 4) is 17.1 Å². The summed E-state index contributed by atoms with van der Waals surface area (Å²) in [6.07, 6.45) is 6.70. The van der Waals surface area contributed by atoms with Crippen molar-refractivity contribution in [2.45, 2.75) is 31.3 Å². The van der Waals surface area contributed by atoms with E-state index in [0.29, 0.717) is 16.8 Å². The topological polar surface area (TPSA) is 63.9 Å². The first-order valence-electron chi connectivity index (χ1n) is 12.0. The molecule has 35 heavy (non-hydrogen) atoms. The maximum atomic E-state index is 13.0. The summed E-state index contributed by atoms with van der Waals surface area (Å²) in [5.41, 5.74) is 4.48. The van der Waals surface area contributed by atoms with Gasteiger partial charge in [0.2, 0.25) is 5.91 Å². The van der Waals surface area contributed by atoms with Gasteiger partial charge in [0.1, 0.15) is 0 Å². The number of amides is 1. The molecular weight excluding hydrogens is 454 g/mol. The predicted molar refractivity (Wildman–Crippen MR) is 140 cm³/mol. The lowest BCUT2D eigenvalue weighted by Crippen LogP contribution is -2.39. The summed E-state index contributed by atoms with van der Waals surface area (Å²) in [6, 6.07) is 22.8. The fraction of sp³-hybridized carbons (Fsp3) is 0.286. The average molecular weight is 484 g/mol. The van der Waals surface area contributed by atoms with Crippen LogP contribution in [0.25, 0.3) is 17.1 Å². The quantitative estimate of drug-likeness (QED) is 0.338. The lowest BCUT2D eigenvalue weighted by Gasteiger charge is -2.32. The van der Waals surface area contributed by atoms with Crippen molar-refractivity contribution >= 4 is 17.7 Å². The van der Waals surface area contributed by atoms with Crippen molar-refractivity contribution in [1.29, 1.82) is 0 Å². The van der Waals surface area contributed by atoms with Crippen molar-refractivity contribution in [2.24, 2.45) is 5.92 Å². The Morgan fingerprint density at radius 1 is 0.943 bits per heavy atom. The molecule has 0 radical (unpaired) electrons. The number of pyridine rings is 1. The molecule has 0 atom stereocenters. The van der Waals surface area contributed by atoms with Gasteiger partial charge in [0.25, 0.3) is 0 Å². The Morgan fingerprint density at radius 2 is 1.66 bits per heavy atom. The van der Waals surface area contributed by atoms with Gasteiger partial charge in [-0.15, -0.1) is 10.2 Å². The van der Waals surface area contributed by atoms with Crippen molar-refractivity contribution in [3.63, 3.8) is 0 Å². The molecule has 5 rings (SSSR count). The minimum absolute atomic E-state index is 0.164. The number of benzene rings is 2. The van der Waals surface area contributed by atoms with Gasteiger partial charge in [-0.25, -0.2) is 0 Å². The van der Waals surface area contributed by atoms with Crippen molar-refractivity contribution in [1.82, 2.24) is 24.6 Å². The Kier molecular flexibility index (Phi) is 7.23. The molecule has 0 bridgehead atoms. The van der Waals surface area contributed by atoms with Crippen LogP contribution in [0.4, 0.5) is 0 Å². The van der Waals surface area contributed by atoms with Crippen molar-refractivity contribution < 1.29 is 4.79 Å². The smallest absolute Gasteiger partial charge is 0.233 e. The molecule has 1 aliphatic heterocycles. The minimum atomic E-state index is 0.164. The molecule has 0 spiro atoms. The number of aryl methyl sites for hydroxylation is 1. The van der Waals surface area contributed by atoms with Gasteiger partial charge in [-0.2, -0.15) is 0 Å². The van der Waals surface area contributed by atoms with E-state index >= 15 is 0 Å². The molecule has 7 heteroatoms. The standard InChI is InChI=1S/C28H29N5OS/c1-21-7-9-25(10-8-21)33-27(24-11-15-29-16-12-24)30-31-28(33)35-20-26(34)32-17-13-23(14-18-32)19-22-5-3-2-4-6-22/h2-12,15-16,23H,13-14,17-20H2,1H3. The maximum absolute atomic E-state index is 13.0. The van der Waals surface area contributed by atoms with Gasteiger partial charge in [0.05, 0.1) is 5.75 Å². The van der Waals surface area contributed by atoms with Gasteiger partial charge in [-0.05, 0) is 61.9 Å². The highest BCUT2D eigenvalue weighted by Gasteiger charge is 2.24. The number of nitrogens with zero attached hydrogens (tertiary/aromatic N) is 5. The Labute approximate surface area is 210 Å². The molecule has 1 amide bonds. The average Bonchev–Trinajstić information content (AvgIpc) is 3.33. The van der Waals surface area contributed by atoms with Gasteiger partial charge < -0.3 is 4.90 Å². The second-order valence-electron chi connectivity index (χ2n) is 9.02. The van der Waals surface area contributed by atoms with E-state index in [2.05, 4.69) is 76.7 Å². The van der Waals surface area contributed by atoms with Gasteiger partial charge in [-0.1, -0.05) is 59.8 Å². The van der Waals surface area contributed by atoms with E-state index in [1.165, 1.54) is 22.9 Å². The van der Waals surface area contributed by atoms with Crippen LogP contribution in [0.5, 0.6) is 0 Å². The van der Waals surface area contributed by atoms with Crippen LogP contribution in [0.2, 0.25) is 0 Å². The van der Waals surface area contributed by atoms with Crippen LogP contribution < -0.4 is 0 Å². The number of hydrogen-bond donors (Lipinski definition) is 0. The van der Waals surface area contributed by atoms with Gasteiger partial charge in [0, 0.05) is 36.7 Å². The summed E-state index contributed by atoms with van der Waals surface area (Å²) >= 11 is 1.45. The Bertz CT molecular complexity index is 1250. The summed E-state index contributed by atoms with van der Waals surface area (Å²) in [5.74, 6) is 1.90. The Balaban J connectivity index is 1.25. The van der Waals surface area contributed by atoms with Crippen LogP contribution in [-0.4, -0.2) is 49.4 Å². The Morgan fingerprint density at radius 3 is 2.37 bits per heavy atom. The summed E-state index contributed by atoms with van der Waals surface area (Å²) in [5, 5.41) is 9.63. The first-order valence-corrected chi connectivity index (χ1v) is 13.0. The molecule has 6 nitrogen and oxygen atoms in total. The second kappa shape index (κ2) is 10.9. The molecule has 0 aliphatic carbocycles. The predicted octanol–water partition coefficient (Wildman–Crippen LogP) is 5.21. The normalized spacial score (nSPS) is 14.3. The molecule has 2 aromatic carbocycles. The number of carbonyl (C=O) groups is 1. The molecule has 0 N–H and O–H groups in total. The maximum Gasteiger partial charge on any atom is 0.233 e. The molecular formula is C28H29N5OS. The zero-order valence-corrected chi connectivity index (χ0v) is 20.7. The first-order chi connectivity index (χ1) is 17.2. The highest BCUT2D eigenvalue weighted by atomic mass is 32.2. The molecule has 2 aromatic heterocycles. The minimum Gasteiger partial charge on any atom is -0.342 e. The third-order valence-electron chi connectivity index (χ3n) is 6.52. The van der Waals surface area contributed by atoms with E-state index in [1.807, 2.05) is 21.6 Å². The highest BCUT2D eigenvalue weighted by molar-refractivity contribution is 7.99. The van der Waals surface area contributed by atoms with Crippen molar-refractivity contribution in [2.75, 3.05) is 18.8 Å². The number of likely N-dealkylation sites (tertiary alicyclic amines) is 1. The third kappa shape index (κ3) is 5.62. The first kappa shape index (κ1) is 23.3. The number of piperidine rings is 1. The highest BCUT2D eigenvalue weighted by Crippen LogP contribution is 2.29. The number of rotatable bonds is 7. The van der Waals surface area contributed by atoms with Crippen molar-refractivity contribution in [3.05, 3.63) is 90.3 Å². The number of hydrogen-bond acceptors (Lipinski definition) is 5. The van der Waals surface area contributed by atoms with Crippen LogP contribution in [0.1, 0.15) is 24.0 Å². The summed E-state index contributed by atoms with van der Waals surface area (Å²) in [6.45, 7) is 3.71. The molecule has 178 valence electrons. The van der Waals surface area contributed by atoms with E-state index in [0.717, 1.165) is 49.4 Å². The number of thioether (sulfide) groups is 1. The number of aromatic nitrogens is 4. The summed E-state index contributed by atoms with van der Waals surface area (Å²) in [4.78, 5) is 19.2. The van der Waals surface area contributed by atoms with Crippen LogP contribution in [0, 0.1) is 12.8 Å². The van der Waals surface area contributed by atoms with Gasteiger partial charge in [-0.3, -0.25) is 14.3 Å². The van der Waals surface area contributed by atoms with E-state index in [1.54, 1.807) is 12.4 Å². The van der Waals surface area contributed by atoms with Gasteiger partial charge in [0.15, 0.2) is 11.0 Å². The van der Waals surface area contributed by atoms with E-state index in [9.17, 15) is 4.79 Å². The second-order valence-corrected chi connectivity index (χ2v) is 9.96. The Hall–Kier alpha value is -3.45. The zero-order chi connectivity index (χ0) is 24.0. The lowest BCUT2D eigenvalue weighted by molar-refractivity contribution is -0.129. The molecule has 1 aliphatic rings. The van der Waals surface area contributed by atoms with Crippen LogP contribution in [0.3, 0.4) is 0 Å². The third-order valence-corrected chi connectivity index (χ3v) is 7.44. The molecule has 4 aromatic rings. The van der Waals surface area contributed by atoms with Crippen LogP contribution in [0.15, 0.2) is 84.3 Å². The summed E-state index contributed by atoms with van der Waals surface area (Å²) in [7, 11) is 0. The SMILES string of the molecule is Cc1ccc(-n2c(SCC(=O)N3CCC(Cc4ccccc4)CC3)nnc2-c2ccncc2)cc1. The monoisotopic (exact) mass is 483 g/mol. The zero-order valence-electron chi connectivity index (χ0n) is 19.9. The van der Waals surface area contributed by atoms with E-state index < -0.39 is 0 Å². The molecule has 0 unspecified atom stereocenters.